The number of hydrogen-bond acceptors (Lipinski definition) is 4. The van der Waals surface area contributed by atoms with E-state index in [0.717, 1.165) is 14.8 Å². The summed E-state index contributed by atoms with van der Waals surface area (Å²) in [6.45, 7) is 1.52. The van der Waals surface area contributed by atoms with Crippen molar-refractivity contribution >= 4 is 45.0 Å². The van der Waals surface area contributed by atoms with Crippen molar-refractivity contribution in [3.05, 3.63) is 88.9 Å². The van der Waals surface area contributed by atoms with Crippen LogP contribution in [0.2, 0.25) is 5.02 Å². The fourth-order valence-corrected chi connectivity index (χ4v) is 5.12. The average molecular weight is 475 g/mol. The highest BCUT2D eigenvalue weighted by Crippen LogP contribution is 2.26. The molecule has 0 bridgehead atoms. The second-order valence-corrected chi connectivity index (χ2v) is 10.1. The number of nitrogens with one attached hydrogen (secondary N) is 1. The highest BCUT2D eigenvalue weighted by atomic mass is 35.5. The van der Waals surface area contributed by atoms with Gasteiger partial charge in [-0.15, -0.1) is 11.8 Å². The van der Waals surface area contributed by atoms with Crippen molar-refractivity contribution in [2.75, 3.05) is 18.1 Å². The molecule has 3 aromatic carbocycles. The molecule has 0 radical (unpaired) electrons. The van der Waals surface area contributed by atoms with Gasteiger partial charge in [0.25, 0.3) is 0 Å². The van der Waals surface area contributed by atoms with Crippen molar-refractivity contribution < 1.29 is 13.2 Å². The minimum absolute atomic E-state index is 0.0204. The van der Waals surface area contributed by atoms with Crippen LogP contribution in [0.1, 0.15) is 11.1 Å². The van der Waals surface area contributed by atoms with Crippen LogP contribution in [-0.4, -0.2) is 31.4 Å². The number of amides is 1. The lowest BCUT2D eigenvalue weighted by atomic mass is 10.2. The molecule has 0 heterocycles. The van der Waals surface area contributed by atoms with Crippen LogP contribution < -0.4 is 5.32 Å². The van der Waals surface area contributed by atoms with E-state index in [0.29, 0.717) is 16.3 Å². The van der Waals surface area contributed by atoms with Crippen LogP contribution in [0.3, 0.4) is 0 Å². The SMILES string of the molecule is CSc1ccccc1NC(=O)CN(Cc1ccccc1Cl)S(=O)(=O)c1ccc(C)cc1. The molecule has 3 aromatic rings. The van der Waals surface area contributed by atoms with Gasteiger partial charge in [0.2, 0.25) is 15.9 Å². The number of hydrogen-bond donors (Lipinski definition) is 1. The molecule has 0 aromatic heterocycles. The molecule has 162 valence electrons. The predicted molar refractivity (Wildman–Crippen MR) is 127 cm³/mol. The van der Waals surface area contributed by atoms with Gasteiger partial charge < -0.3 is 5.32 Å². The summed E-state index contributed by atoms with van der Waals surface area (Å²) in [4.78, 5) is 13.9. The Bertz CT molecular complexity index is 1170. The van der Waals surface area contributed by atoms with E-state index in [9.17, 15) is 13.2 Å². The van der Waals surface area contributed by atoms with Gasteiger partial charge in [-0.25, -0.2) is 8.42 Å². The first-order chi connectivity index (χ1) is 14.8. The van der Waals surface area contributed by atoms with Crippen LogP contribution in [-0.2, 0) is 21.4 Å². The average Bonchev–Trinajstić information content (AvgIpc) is 2.75. The van der Waals surface area contributed by atoms with Gasteiger partial charge in [0.15, 0.2) is 0 Å². The van der Waals surface area contributed by atoms with Crippen LogP contribution in [0.5, 0.6) is 0 Å². The lowest BCUT2D eigenvalue weighted by Gasteiger charge is -2.23. The quantitative estimate of drug-likeness (QED) is 0.455. The molecule has 0 atom stereocenters. The zero-order valence-electron chi connectivity index (χ0n) is 17.2. The van der Waals surface area contributed by atoms with Gasteiger partial charge in [-0.3, -0.25) is 4.79 Å². The summed E-state index contributed by atoms with van der Waals surface area (Å²) in [5, 5.41) is 3.27. The maximum atomic E-state index is 13.4. The molecule has 0 saturated heterocycles. The first kappa shape index (κ1) is 23.3. The van der Waals surface area contributed by atoms with Crippen molar-refractivity contribution in [3.8, 4) is 0 Å². The molecule has 5 nitrogen and oxygen atoms in total. The maximum Gasteiger partial charge on any atom is 0.243 e. The minimum Gasteiger partial charge on any atom is -0.324 e. The molecule has 0 spiro atoms. The maximum absolute atomic E-state index is 13.4. The Morgan fingerprint density at radius 2 is 1.65 bits per heavy atom. The van der Waals surface area contributed by atoms with Crippen molar-refractivity contribution in [1.82, 2.24) is 4.31 Å². The summed E-state index contributed by atoms with van der Waals surface area (Å²) in [5.74, 6) is -0.427. The molecule has 0 saturated carbocycles. The number of thioether (sulfide) groups is 1. The Balaban J connectivity index is 1.91. The Morgan fingerprint density at radius 1 is 1.00 bits per heavy atom. The van der Waals surface area contributed by atoms with Crippen LogP contribution in [0.4, 0.5) is 5.69 Å². The molecule has 0 aliphatic carbocycles. The summed E-state index contributed by atoms with van der Waals surface area (Å²) in [6.07, 6.45) is 1.91. The van der Waals surface area contributed by atoms with Crippen molar-refractivity contribution in [2.24, 2.45) is 0 Å². The van der Waals surface area contributed by atoms with Crippen LogP contribution in [0.15, 0.2) is 82.6 Å². The summed E-state index contributed by atoms with van der Waals surface area (Å²) in [6, 6.07) is 20.9. The van der Waals surface area contributed by atoms with Gasteiger partial charge in [0.1, 0.15) is 0 Å². The van der Waals surface area contributed by atoms with Crippen molar-refractivity contribution in [2.45, 2.75) is 23.3 Å². The smallest absolute Gasteiger partial charge is 0.243 e. The van der Waals surface area contributed by atoms with Gasteiger partial charge in [-0.05, 0) is 49.1 Å². The number of carbonyl (C=O) groups excluding carboxylic acids is 1. The van der Waals surface area contributed by atoms with E-state index < -0.39 is 15.9 Å². The second kappa shape index (κ2) is 10.3. The lowest BCUT2D eigenvalue weighted by Crippen LogP contribution is -2.37. The fraction of sp³-hybridized carbons (Fsp3) is 0.174. The summed E-state index contributed by atoms with van der Waals surface area (Å²) in [5.41, 5.74) is 2.21. The third-order valence-corrected chi connectivity index (χ3v) is 7.63. The number of halogens is 1. The summed E-state index contributed by atoms with van der Waals surface area (Å²) >= 11 is 7.77. The molecular weight excluding hydrogens is 452 g/mol. The van der Waals surface area contributed by atoms with E-state index in [1.54, 1.807) is 54.6 Å². The third kappa shape index (κ3) is 5.89. The molecule has 1 amide bonds. The first-order valence-corrected chi connectivity index (χ1v) is 12.6. The Labute approximate surface area is 192 Å². The standard InChI is InChI=1S/C23H23ClN2O3S2/c1-17-11-13-19(14-12-17)31(28,29)26(15-18-7-3-4-8-20(18)24)16-23(27)25-21-9-5-6-10-22(21)30-2/h3-14H,15-16H2,1-2H3,(H,25,27). The fourth-order valence-electron chi connectivity index (χ4n) is 3.00. The molecule has 3 rings (SSSR count). The van der Waals surface area contributed by atoms with E-state index in [1.165, 1.54) is 11.8 Å². The Hall–Kier alpha value is -2.32. The Morgan fingerprint density at radius 3 is 2.32 bits per heavy atom. The number of sulfonamides is 1. The summed E-state index contributed by atoms with van der Waals surface area (Å²) < 4.78 is 27.9. The van der Waals surface area contributed by atoms with Gasteiger partial charge in [0, 0.05) is 16.5 Å². The van der Waals surface area contributed by atoms with Crippen LogP contribution in [0, 0.1) is 6.92 Å². The highest BCUT2D eigenvalue weighted by molar-refractivity contribution is 7.98. The lowest BCUT2D eigenvalue weighted by molar-refractivity contribution is -0.116. The topological polar surface area (TPSA) is 66.5 Å². The number of benzene rings is 3. The first-order valence-electron chi connectivity index (χ1n) is 9.54. The van der Waals surface area contributed by atoms with E-state index in [4.69, 9.17) is 11.6 Å². The number of rotatable bonds is 8. The number of para-hydroxylation sites is 1. The second-order valence-electron chi connectivity index (χ2n) is 6.93. The normalized spacial score (nSPS) is 11.5. The van der Waals surface area contributed by atoms with Crippen molar-refractivity contribution in [1.29, 1.82) is 0 Å². The van der Waals surface area contributed by atoms with Crippen LogP contribution >= 0.6 is 23.4 Å². The molecular formula is C23H23ClN2O3S2. The largest absolute Gasteiger partial charge is 0.324 e. The Kier molecular flexibility index (Phi) is 7.78. The van der Waals surface area contributed by atoms with Gasteiger partial charge in [-0.1, -0.05) is 59.6 Å². The number of nitrogens with zero attached hydrogens (tertiary/aromatic N) is 1. The van der Waals surface area contributed by atoms with Gasteiger partial charge in [0.05, 0.1) is 17.1 Å². The van der Waals surface area contributed by atoms with E-state index in [2.05, 4.69) is 5.32 Å². The third-order valence-electron chi connectivity index (χ3n) is 4.66. The van der Waals surface area contributed by atoms with E-state index >= 15 is 0 Å². The molecule has 31 heavy (non-hydrogen) atoms. The van der Waals surface area contributed by atoms with Crippen molar-refractivity contribution in [3.63, 3.8) is 0 Å². The number of anilines is 1. The number of carbonyl (C=O) groups is 1. The molecule has 0 aliphatic heterocycles. The molecule has 0 aliphatic rings. The predicted octanol–water partition coefficient (Wildman–Crippen LogP) is 5.20. The number of aryl methyl sites for hydroxylation is 1. The van der Waals surface area contributed by atoms with E-state index in [1.807, 2.05) is 31.4 Å². The highest BCUT2D eigenvalue weighted by Gasteiger charge is 2.27. The van der Waals surface area contributed by atoms with Gasteiger partial charge >= 0.3 is 0 Å². The molecule has 0 unspecified atom stereocenters. The van der Waals surface area contributed by atoms with Crippen LogP contribution in [0.25, 0.3) is 0 Å². The summed E-state index contributed by atoms with van der Waals surface area (Å²) in [7, 11) is -3.93. The van der Waals surface area contributed by atoms with Gasteiger partial charge in [-0.2, -0.15) is 4.31 Å². The minimum atomic E-state index is -3.93. The zero-order valence-corrected chi connectivity index (χ0v) is 19.6. The monoisotopic (exact) mass is 474 g/mol. The molecule has 0 fully saturated rings. The van der Waals surface area contributed by atoms with E-state index in [-0.39, 0.29) is 18.0 Å². The molecule has 1 N–H and O–H groups in total. The zero-order chi connectivity index (χ0) is 22.4. The molecule has 8 heteroatoms.